The first-order valence-corrected chi connectivity index (χ1v) is 7.10. The maximum atomic E-state index is 4.47. The molecule has 1 rings (SSSR count). The normalized spacial score (nSPS) is 26.6. The van der Waals surface area contributed by atoms with Crippen molar-refractivity contribution in [2.75, 3.05) is 25.4 Å². The zero-order valence-corrected chi connectivity index (χ0v) is 11.5. The van der Waals surface area contributed by atoms with Gasteiger partial charge in [0.25, 0.3) is 0 Å². The number of hydrogen-bond donors (Lipinski definition) is 1. The Morgan fingerprint density at radius 1 is 1.27 bits per heavy atom. The highest BCUT2D eigenvalue weighted by molar-refractivity contribution is 7.80. The first-order valence-electron chi connectivity index (χ1n) is 6.46. The lowest BCUT2D eigenvalue weighted by molar-refractivity contribution is 0.219. The zero-order chi connectivity index (χ0) is 11.3. The first kappa shape index (κ1) is 13.4. The van der Waals surface area contributed by atoms with Crippen molar-refractivity contribution in [1.29, 1.82) is 0 Å². The molecule has 1 saturated heterocycles. The lowest BCUT2D eigenvalue weighted by Crippen LogP contribution is -2.33. The van der Waals surface area contributed by atoms with Gasteiger partial charge in [0.15, 0.2) is 0 Å². The topological polar surface area (TPSA) is 3.24 Å². The molecule has 1 aliphatic heterocycles. The van der Waals surface area contributed by atoms with E-state index in [1.807, 2.05) is 0 Å². The molecule has 0 amide bonds. The lowest BCUT2D eigenvalue weighted by atomic mass is 9.97. The molecule has 0 bridgehead atoms. The van der Waals surface area contributed by atoms with E-state index in [-0.39, 0.29) is 0 Å². The number of likely N-dealkylation sites (tertiary alicyclic amines) is 1. The summed E-state index contributed by atoms with van der Waals surface area (Å²) in [6.45, 7) is 10.9. The second-order valence-electron chi connectivity index (χ2n) is 5.52. The van der Waals surface area contributed by atoms with Crippen LogP contribution in [0.25, 0.3) is 0 Å². The van der Waals surface area contributed by atoms with Crippen LogP contribution in [0.1, 0.15) is 40.0 Å². The maximum absolute atomic E-state index is 4.47. The molecule has 0 aliphatic carbocycles. The van der Waals surface area contributed by atoms with Gasteiger partial charge in [-0.2, -0.15) is 12.6 Å². The van der Waals surface area contributed by atoms with Crippen LogP contribution < -0.4 is 0 Å². The molecule has 1 aliphatic rings. The van der Waals surface area contributed by atoms with Crippen molar-refractivity contribution >= 4 is 12.6 Å². The molecule has 0 aromatic heterocycles. The predicted molar refractivity (Wildman–Crippen MR) is 71.6 cm³/mol. The highest BCUT2D eigenvalue weighted by Gasteiger charge is 2.18. The van der Waals surface area contributed by atoms with Crippen molar-refractivity contribution in [3.05, 3.63) is 0 Å². The van der Waals surface area contributed by atoms with Crippen molar-refractivity contribution in [3.8, 4) is 0 Å². The summed E-state index contributed by atoms with van der Waals surface area (Å²) in [5.41, 5.74) is 0. The third kappa shape index (κ3) is 4.78. The van der Waals surface area contributed by atoms with Gasteiger partial charge in [0.05, 0.1) is 0 Å². The molecule has 1 heterocycles. The Balaban J connectivity index is 2.36. The van der Waals surface area contributed by atoms with Crippen LogP contribution in [-0.4, -0.2) is 30.3 Å². The number of rotatable bonds is 4. The Labute approximate surface area is 101 Å². The second-order valence-corrected chi connectivity index (χ2v) is 5.89. The van der Waals surface area contributed by atoms with Crippen molar-refractivity contribution in [2.45, 2.75) is 40.0 Å². The van der Waals surface area contributed by atoms with Crippen LogP contribution in [0.2, 0.25) is 0 Å². The van der Waals surface area contributed by atoms with E-state index >= 15 is 0 Å². The van der Waals surface area contributed by atoms with Gasteiger partial charge in [-0.3, -0.25) is 0 Å². The number of nitrogens with zero attached hydrogens (tertiary/aromatic N) is 1. The SMILES string of the molecule is CC1CCCN(CC(CS)C(C)C)CC1. The summed E-state index contributed by atoms with van der Waals surface area (Å²) in [5, 5.41) is 0. The third-order valence-electron chi connectivity index (χ3n) is 3.78. The van der Waals surface area contributed by atoms with E-state index in [2.05, 4.69) is 38.3 Å². The van der Waals surface area contributed by atoms with Gasteiger partial charge in [-0.15, -0.1) is 0 Å². The molecule has 2 heteroatoms. The van der Waals surface area contributed by atoms with E-state index in [9.17, 15) is 0 Å². The summed E-state index contributed by atoms with van der Waals surface area (Å²) in [4.78, 5) is 2.66. The summed E-state index contributed by atoms with van der Waals surface area (Å²) in [6, 6.07) is 0. The van der Waals surface area contributed by atoms with E-state index in [4.69, 9.17) is 0 Å². The quantitative estimate of drug-likeness (QED) is 0.724. The molecule has 0 saturated carbocycles. The van der Waals surface area contributed by atoms with E-state index < -0.39 is 0 Å². The Hall–Kier alpha value is 0.310. The van der Waals surface area contributed by atoms with Crippen LogP contribution in [0.15, 0.2) is 0 Å². The fourth-order valence-corrected chi connectivity index (χ4v) is 2.85. The molecule has 1 nitrogen and oxygen atoms in total. The van der Waals surface area contributed by atoms with E-state index in [1.165, 1.54) is 38.9 Å². The Bertz CT molecular complexity index is 170. The molecule has 0 spiro atoms. The molecule has 15 heavy (non-hydrogen) atoms. The van der Waals surface area contributed by atoms with Gasteiger partial charge in [0, 0.05) is 6.54 Å². The van der Waals surface area contributed by atoms with Crippen LogP contribution in [0, 0.1) is 17.8 Å². The van der Waals surface area contributed by atoms with Crippen LogP contribution >= 0.6 is 12.6 Å². The molecule has 0 aromatic rings. The van der Waals surface area contributed by atoms with Crippen LogP contribution in [-0.2, 0) is 0 Å². The van der Waals surface area contributed by atoms with Gasteiger partial charge in [-0.25, -0.2) is 0 Å². The average molecular weight is 229 g/mol. The minimum Gasteiger partial charge on any atom is -0.303 e. The first-order chi connectivity index (χ1) is 7.13. The van der Waals surface area contributed by atoms with E-state index in [0.717, 1.165) is 23.5 Å². The molecule has 2 atom stereocenters. The molecule has 90 valence electrons. The Kier molecular flexibility index (Phi) is 6.06. The fraction of sp³-hybridized carbons (Fsp3) is 1.00. The van der Waals surface area contributed by atoms with Gasteiger partial charge in [0.2, 0.25) is 0 Å². The largest absolute Gasteiger partial charge is 0.303 e. The van der Waals surface area contributed by atoms with Crippen LogP contribution in [0.3, 0.4) is 0 Å². The molecule has 2 unspecified atom stereocenters. The summed E-state index contributed by atoms with van der Waals surface area (Å²) in [7, 11) is 0. The van der Waals surface area contributed by atoms with Gasteiger partial charge in [-0.05, 0) is 55.9 Å². The van der Waals surface area contributed by atoms with Gasteiger partial charge >= 0.3 is 0 Å². The summed E-state index contributed by atoms with van der Waals surface area (Å²) in [6.07, 6.45) is 4.19. The summed E-state index contributed by atoms with van der Waals surface area (Å²) >= 11 is 4.47. The molecule has 0 aromatic carbocycles. The van der Waals surface area contributed by atoms with Gasteiger partial charge in [0.1, 0.15) is 0 Å². The minimum absolute atomic E-state index is 0.765. The maximum Gasteiger partial charge on any atom is 0.00199 e. The van der Waals surface area contributed by atoms with Crippen molar-refractivity contribution < 1.29 is 0 Å². The summed E-state index contributed by atoms with van der Waals surface area (Å²) in [5.74, 6) is 3.50. The average Bonchev–Trinajstić information content (AvgIpc) is 2.39. The smallest absolute Gasteiger partial charge is 0.00199 e. The molecule has 0 radical (unpaired) electrons. The lowest BCUT2D eigenvalue weighted by Gasteiger charge is -2.27. The number of hydrogen-bond acceptors (Lipinski definition) is 2. The van der Waals surface area contributed by atoms with Crippen LogP contribution in [0.5, 0.6) is 0 Å². The summed E-state index contributed by atoms with van der Waals surface area (Å²) < 4.78 is 0. The molecular weight excluding hydrogens is 202 g/mol. The van der Waals surface area contributed by atoms with Gasteiger partial charge < -0.3 is 4.90 Å². The standard InChI is InChI=1S/C13H27NS/c1-11(2)13(10-15)9-14-7-4-5-12(3)6-8-14/h11-13,15H,4-10H2,1-3H3. The highest BCUT2D eigenvalue weighted by Crippen LogP contribution is 2.20. The highest BCUT2D eigenvalue weighted by atomic mass is 32.1. The predicted octanol–water partition coefficient (Wildman–Crippen LogP) is 3.31. The third-order valence-corrected chi connectivity index (χ3v) is 4.25. The van der Waals surface area contributed by atoms with E-state index in [0.29, 0.717) is 0 Å². The van der Waals surface area contributed by atoms with Gasteiger partial charge in [-0.1, -0.05) is 20.8 Å². The zero-order valence-electron chi connectivity index (χ0n) is 10.6. The Morgan fingerprint density at radius 2 is 2.00 bits per heavy atom. The fourth-order valence-electron chi connectivity index (χ4n) is 2.32. The van der Waals surface area contributed by atoms with Crippen molar-refractivity contribution in [1.82, 2.24) is 4.90 Å². The van der Waals surface area contributed by atoms with E-state index in [1.54, 1.807) is 0 Å². The van der Waals surface area contributed by atoms with Crippen molar-refractivity contribution in [3.63, 3.8) is 0 Å². The second kappa shape index (κ2) is 6.80. The molecule has 0 N–H and O–H groups in total. The molecule has 1 fully saturated rings. The van der Waals surface area contributed by atoms with Crippen molar-refractivity contribution in [2.24, 2.45) is 17.8 Å². The Morgan fingerprint density at radius 3 is 2.60 bits per heavy atom. The van der Waals surface area contributed by atoms with Crippen LogP contribution in [0.4, 0.5) is 0 Å². The molecular formula is C13H27NS. The number of thiol groups is 1. The monoisotopic (exact) mass is 229 g/mol. The minimum atomic E-state index is 0.765.